The van der Waals surface area contributed by atoms with Crippen molar-refractivity contribution in [3.05, 3.63) is 94.0 Å². The van der Waals surface area contributed by atoms with E-state index in [9.17, 15) is 9.90 Å². The van der Waals surface area contributed by atoms with Gasteiger partial charge in [-0.25, -0.2) is 0 Å². The maximum absolute atomic E-state index is 10.6. The molecule has 3 aromatic rings. The molecule has 1 saturated carbocycles. The van der Waals surface area contributed by atoms with E-state index in [2.05, 4.69) is 88.1 Å². The van der Waals surface area contributed by atoms with Crippen molar-refractivity contribution in [2.75, 3.05) is 0 Å². The zero-order valence-corrected chi connectivity index (χ0v) is 22.6. The first-order valence-corrected chi connectivity index (χ1v) is 13.5. The average molecular weight is 495 g/mol. The van der Waals surface area contributed by atoms with Crippen LogP contribution in [0.1, 0.15) is 85.8 Å². The minimum atomic E-state index is -0.815. The van der Waals surface area contributed by atoms with Gasteiger partial charge in [-0.3, -0.25) is 4.79 Å². The van der Waals surface area contributed by atoms with Gasteiger partial charge in [0.2, 0.25) is 0 Å². The van der Waals surface area contributed by atoms with E-state index < -0.39 is 5.60 Å². The Morgan fingerprint density at radius 1 is 0.919 bits per heavy atom. The normalized spacial score (nSPS) is 14.6. The van der Waals surface area contributed by atoms with E-state index in [0.717, 1.165) is 60.8 Å². The van der Waals surface area contributed by atoms with Crippen LogP contribution in [0.5, 0.6) is 0 Å². The second-order valence-corrected chi connectivity index (χ2v) is 10.4. The number of carbonyl (C=O) groups is 1. The molecule has 0 radical (unpaired) electrons. The number of hydrogen-bond donors (Lipinski definition) is 1. The van der Waals surface area contributed by atoms with Crippen LogP contribution in [0.4, 0.5) is 0 Å². The van der Waals surface area contributed by atoms with E-state index in [-0.39, 0.29) is 5.41 Å². The van der Waals surface area contributed by atoms with Gasteiger partial charge in [-0.2, -0.15) is 0 Å². The summed E-state index contributed by atoms with van der Waals surface area (Å²) in [6, 6.07) is 21.7. The first-order chi connectivity index (χ1) is 17.8. The highest BCUT2D eigenvalue weighted by Crippen LogP contribution is 2.41. The number of hydrogen-bond acceptors (Lipinski definition) is 3. The lowest BCUT2D eigenvalue weighted by molar-refractivity contribution is -0.129. The van der Waals surface area contributed by atoms with E-state index in [1.165, 1.54) is 22.3 Å². The molecule has 192 valence electrons. The van der Waals surface area contributed by atoms with Crippen LogP contribution in [0.15, 0.2) is 60.7 Å². The molecule has 1 aliphatic carbocycles. The summed E-state index contributed by atoms with van der Waals surface area (Å²) in [5, 5.41) is 10.6. The van der Waals surface area contributed by atoms with Crippen molar-refractivity contribution in [3.63, 3.8) is 0 Å². The number of ether oxygens (including phenoxy) is 1. The van der Waals surface area contributed by atoms with Crippen molar-refractivity contribution in [2.45, 2.75) is 83.8 Å². The smallest absolute Gasteiger partial charge is 0.293 e. The zero-order valence-electron chi connectivity index (χ0n) is 22.6. The van der Waals surface area contributed by atoms with Gasteiger partial charge in [0.05, 0.1) is 0 Å². The highest BCUT2D eigenvalue weighted by atomic mass is 16.5. The molecule has 0 spiro atoms. The third-order valence-corrected chi connectivity index (χ3v) is 8.21. The van der Waals surface area contributed by atoms with Crippen molar-refractivity contribution in [3.8, 4) is 23.0 Å². The van der Waals surface area contributed by atoms with Gasteiger partial charge in [0, 0.05) is 11.0 Å². The van der Waals surface area contributed by atoms with E-state index in [1.807, 2.05) is 12.1 Å². The number of benzene rings is 3. The lowest BCUT2D eigenvalue weighted by atomic mass is 9.69. The Balaban J connectivity index is 1.64. The molecular formula is C34H38O3. The van der Waals surface area contributed by atoms with Gasteiger partial charge in [0.25, 0.3) is 6.47 Å². The quantitative estimate of drug-likeness (QED) is 0.262. The second kappa shape index (κ2) is 11.4. The first-order valence-electron chi connectivity index (χ1n) is 13.5. The van der Waals surface area contributed by atoms with Gasteiger partial charge in [0.1, 0.15) is 12.2 Å². The van der Waals surface area contributed by atoms with E-state index in [0.29, 0.717) is 13.1 Å². The van der Waals surface area contributed by atoms with E-state index in [1.54, 1.807) is 0 Å². The van der Waals surface area contributed by atoms with Crippen molar-refractivity contribution >= 4 is 6.47 Å². The Kier molecular flexibility index (Phi) is 8.20. The Morgan fingerprint density at radius 3 is 2.11 bits per heavy atom. The lowest BCUT2D eigenvalue weighted by Gasteiger charge is -2.34. The molecule has 0 aliphatic heterocycles. The largest absolute Gasteiger partial charge is 0.463 e. The highest BCUT2D eigenvalue weighted by Gasteiger charge is 2.32. The molecule has 3 aromatic carbocycles. The maximum atomic E-state index is 10.6. The van der Waals surface area contributed by atoms with E-state index >= 15 is 0 Å². The molecule has 3 nitrogen and oxygen atoms in total. The van der Waals surface area contributed by atoms with Crippen LogP contribution in [0.3, 0.4) is 0 Å². The average Bonchev–Trinajstić information content (AvgIpc) is 3.35. The Labute approximate surface area is 221 Å². The highest BCUT2D eigenvalue weighted by molar-refractivity contribution is 5.68. The summed E-state index contributed by atoms with van der Waals surface area (Å²) in [4.78, 5) is 10.5. The molecule has 0 heterocycles. The third kappa shape index (κ3) is 5.65. The third-order valence-electron chi connectivity index (χ3n) is 8.21. The predicted molar refractivity (Wildman–Crippen MR) is 150 cm³/mol. The van der Waals surface area contributed by atoms with Gasteiger partial charge in [-0.05, 0) is 97.4 Å². The van der Waals surface area contributed by atoms with Gasteiger partial charge >= 0.3 is 0 Å². The molecule has 0 aromatic heterocycles. The maximum Gasteiger partial charge on any atom is 0.293 e. The lowest BCUT2D eigenvalue weighted by Crippen LogP contribution is -2.26. The molecule has 0 amide bonds. The van der Waals surface area contributed by atoms with Gasteiger partial charge in [-0.1, -0.05) is 80.3 Å². The molecule has 0 unspecified atom stereocenters. The summed E-state index contributed by atoms with van der Waals surface area (Å²) in [6.07, 6.45) is 5.66. The monoisotopic (exact) mass is 494 g/mol. The van der Waals surface area contributed by atoms with Crippen LogP contribution in [-0.2, 0) is 21.6 Å². The van der Waals surface area contributed by atoms with Gasteiger partial charge in [0.15, 0.2) is 0 Å². The Bertz CT molecular complexity index is 1300. The summed E-state index contributed by atoms with van der Waals surface area (Å²) < 4.78 is 4.87. The summed E-state index contributed by atoms with van der Waals surface area (Å²) in [5.74, 6) is 6.43. The van der Waals surface area contributed by atoms with Crippen LogP contribution in [-0.4, -0.2) is 17.2 Å². The molecule has 1 N–H and O–H groups in total. The fourth-order valence-electron chi connectivity index (χ4n) is 5.80. The fourth-order valence-corrected chi connectivity index (χ4v) is 5.80. The molecule has 0 saturated heterocycles. The minimum Gasteiger partial charge on any atom is -0.463 e. The van der Waals surface area contributed by atoms with Crippen LogP contribution in [0.25, 0.3) is 11.1 Å². The summed E-state index contributed by atoms with van der Waals surface area (Å²) in [7, 11) is 0. The molecular weight excluding hydrogens is 456 g/mol. The molecule has 1 fully saturated rings. The van der Waals surface area contributed by atoms with Crippen molar-refractivity contribution < 1.29 is 14.6 Å². The first kappa shape index (κ1) is 26.7. The van der Waals surface area contributed by atoms with Crippen LogP contribution >= 0.6 is 0 Å². The SMILES string of the molecule is CCC(CC)(c1ccc(C#CC2(O)CCCC2)c(C)c1)c1ccc(-c2ccc(COC=O)cc2)c(C)c1. The number of aliphatic hydroxyl groups is 1. The summed E-state index contributed by atoms with van der Waals surface area (Å²) in [6.45, 7) is 9.61. The van der Waals surface area contributed by atoms with E-state index in [4.69, 9.17) is 4.74 Å². The van der Waals surface area contributed by atoms with Crippen molar-refractivity contribution in [1.82, 2.24) is 0 Å². The zero-order chi connectivity index (χ0) is 26.5. The van der Waals surface area contributed by atoms with Crippen molar-refractivity contribution in [2.24, 2.45) is 0 Å². The fraction of sp³-hybridized carbons (Fsp3) is 0.382. The summed E-state index contributed by atoms with van der Waals surface area (Å²) in [5.41, 5.74) is 8.47. The topological polar surface area (TPSA) is 46.5 Å². The molecule has 37 heavy (non-hydrogen) atoms. The minimum absolute atomic E-state index is 0.0836. The summed E-state index contributed by atoms with van der Waals surface area (Å²) >= 11 is 0. The Morgan fingerprint density at radius 2 is 1.54 bits per heavy atom. The Hall–Kier alpha value is -3.35. The van der Waals surface area contributed by atoms with Gasteiger partial charge in [-0.15, -0.1) is 0 Å². The van der Waals surface area contributed by atoms with Crippen LogP contribution in [0.2, 0.25) is 0 Å². The number of rotatable bonds is 8. The molecule has 0 bridgehead atoms. The number of carbonyl (C=O) groups excluding carboxylic acids is 1. The standard InChI is InChI=1S/C34H38O3/c1-5-34(6-2,30-14-13-28(25(3)21-30)17-20-33(36)18-7-8-19-33)31-15-16-32(26(4)22-31)29-11-9-27(10-12-29)23-37-24-35/h9-16,21-22,24,36H,5-8,18-19,23H2,1-4H3. The second-order valence-electron chi connectivity index (χ2n) is 10.4. The number of aryl methyl sites for hydroxylation is 2. The molecule has 3 heteroatoms. The molecule has 1 aliphatic rings. The molecule has 0 atom stereocenters. The molecule has 4 rings (SSSR count). The van der Waals surface area contributed by atoms with Crippen LogP contribution in [0, 0.1) is 25.7 Å². The van der Waals surface area contributed by atoms with Crippen molar-refractivity contribution in [1.29, 1.82) is 0 Å². The van der Waals surface area contributed by atoms with Gasteiger partial charge < -0.3 is 9.84 Å². The van der Waals surface area contributed by atoms with Crippen LogP contribution < -0.4 is 0 Å². The predicted octanol–water partition coefficient (Wildman–Crippen LogP) is 7.41.